The minimum Gasteiger partial charge on any atom is -0.389 e. The van der Waals surface area contributed by atoms with Gasteiger partial charge in [-0.1, -0.05) is 12.8 Å². The van der Waals surface area contributed by atoms with Crippen molar-refractivity contribution in [2.24, 2.45) is 5.92 Å². The highest BCUT2D eigenvalue weighted by Gasteiger charge is 2.43. The molecule has 1 amide bonds. The molecule has 3 heterocycles. The van der Waals surface area contributed by atoms with Crippen molar-refractivity contribution >= 4 is 17.2 Å². The summed E-state index contributed by atoms with van der Waals surface area (Å²) >= 11 is 1.60. The van der Waals surface area contributed by atoms with Gasteiger partial charge in [0.25, 0.3) is 0 Å². The standard InChI is InChI=1S/C17H23N5O2S/c23-16(21-7-6-17(24)5-2-1-3-14(17)10-21)9-15(13-4-8-25-11-13)22-12-18-19-20-22/h4,8,11-12,14-15,24H,1-3,5-7,9-10H2/t14-,15-,17+/m1/s1. The molecule has 0 bridgehead atoms. The third-order valence-electron chi connectivity index (χ3n) is 5.76. The van der Waals surface area contributed by atoms with Crippen LogP contribution in [0.25, 0.3) is 0 Å². The molecule has 1 N–H and O–H groups in total. The maximum Gasteiger partial charge on any atom is 0.225 e. The molecule has 2 aliphatic rings. The first-order valence-electron chi connectivity index (χ1n) is 8.90. The fourth-order valence-electron chi connectivity index (χ4n) is 4.23. The van der Waals surface area contributed by atoms with Crippen molar-refractivity contribution in [3.05, 3.63) is 28.7 Å². The number of aliphatic hydroxyl groups is 1. The fraction of sp³-hybridized carbons (Fsp3) is 0.647. The zero-order chi connectivity index (χ0) is 17.3. The Labute approximate surface area is 150 Å². The number of tetrazole rings is 1. The van der Waals surface area contributed by atoms with Crippen molar-refractivity contribution in [3.8, 4) is 0 Å². The lowest BCUT2D eigenvalue weighted by Crippen LogP contribution is -2.54. The Balaban J connectivity index is 1.47. The maximum atomic E-state index is 12.9. The Bertz CT molecular complexity index is 670. The van der Waals surface area contributed by atoms with E-state index in [9.17, 15) is 9.90 Å². The van der Waals surface area contributed by atoms with Crippen LogP contribution in [-0.4, -0.2) is 54.8 Å². The summed E-state index contributed by atoms with van der Waals surface area (Å²) in [6, 6.07) is 1.83. The third-order valence-corrected chi connectivity index (χ3v) is 6.46. The van der Waals surface area contributed by atoms with Gasteiger partial charge >= 0.3 is 0 Å². The Hall–Kier alpha value is -1.80. The minimum absolute atomic E-state index is 0.110. The molecule has 25 heavy (non-hydrogen) atoms. The summed E-state index contributed by atoms with van der Waals surface area (Å²) in [5.74, 6) is 0.325. The Morgan fingerprint density at radius 1 is 1.44 bits per heavy atom. The lowest BCUT2D eigenvalue weighted by atomic mass is 9.71. The topological polar surface area (TPSA) is 84.1 Å². The Morgan fingerprint density at radius 2 is 2.36 bits per heavy atom. The van der Waals surface area contributed by atoms with Gasteiger partial charge in [0.1, 0.15) is 6.33 Å². The molecule has 2 aromatic rings. The van der Waals surface area contributed by atoms with Crippen LogP contribution in [0.3, 0.4) is 0 Å². The van der Waals surface area contributed by atoms with Gasteiger partial charge in [0.15, 0.2) is 0 Å². The van der Waals surface area contributed by atoms with Gasteiger partial charge in [-0.05, 0) is 52.1 Å². The van der Waals surface area contributed by atoms with Crippen molar-refractivity contribution in [1.82, 2.24) is 25.1 Å². The second-order valence-electron chi connectivity index (χ2n) is 7.20. The molecule has 1 aliphatic heterocycles. The summed E-state index contributed by atoms with van der Waals surface area (Å²) in [5.41, 5.74) is 0.495. The summed E-state index contributed by atoms with van der Waals surface area (Å²) in [6.45, 7) is 1.30. The number of carbonyl (C=O) groups is 1. The van der Waals surface area contributed by atoms with Crippen LogP contribution in [0.15, 0.2) is 23.2 Å². The number of fused-ring (bicyclic) bond motifs is 1. The molecule has 1 saturated heterocycles. The lowest BCUT2D eigenvalue weighted by Gasteiger charge is -2.47. The van der Waals surface area contributed by atoms with Gasteiger partial charge in [0, 0.05) is 19.0 Å². The van der Waals surface area contributed by atoms with Crippen LogP contribution >= 0.6 is 11.3 Å². The number of piperidine rings is 1. The van der Waals surface area contributed by atoms with E-state index < -0.39 is 5.60 Å². The zero-order valence-corrected chi connectivity index (χ0v) is 14.9. The highest BCUT2D eigenvalue weighted by molar-refractivity contribution is 7.07. The monoisotopic (exact) mass is 361 g/mol. The molecule has 0 spiro atoms. The average Bonchev–Trinajstić information content (AvgIpc) is 3.32. The lowest BCUT2D eigenvalue weighted by molar-refractivity contribution is -0.143. The number of likely N-dealkylation sites (tertiary alicyclic amines) is 1. The molecule has 0 unspecified atom stereocenters. The molecule has 1 saturated carbocycles. The number of rotatable bonds is 4. The molecular weight excluding hydrogens is 338 g/mol. The molecule has 2 aromatic heterocycles. The quantitative estimate of drug-likeness (QED) is 0.899. The van der Waals surface area contributed by atoms with Gasteiger partial charge in [-0.3, -0.25) is 4.79 Å². The van der Waals surface area contributed by atoms with E-state index in [0.717, 1.165) is 31.2 Å². The first kappa shape index (κ1) is 16.7. The van der Waals surface area contributed by atoms with Gasteiger partial charge in [0.2, 0.25) is 5.91 Å². The predicted molar refractivity (Wildman–Crippen MR) is 93.0 cm³/mol. The van der Waals surface area contributed by atoms with Gasteiger partial charge in [-0.25, -0.2) is 4.68 Å². The number of aromatic nitrogens is 4. The first-order chi connectivity index (χ1) is 12.2. The van der Waals surface area contributed by atoms with Gasteiger partial charge < -0.3 is 10.0 Å². The molecule has 0 aromatic carbocycles. The van der Waals surface area contributed by atoms with Crippen LogP contribution in [-0.2, 0) is 4.79 Å². The van der Waals surface area contributed by atoms with Crippen LogP contribution < -0.4 is 0 Å². The van der Waals surface area contributed by atoms with E-state index in [4.69, 9.17) is 0 Å². The third kappa shape index (κ3) is 3.32. The predicted octanol–water partition coefficient (Wildman–Crippen LogP) is 1.87. The summed E-state index contributed by atoms with van der Waals surface area (Å²) in [5, 5.41) is 26.3. The van der Waals surface area contributed by atoms with E-state index in [2.05, 4.69) is 15.5 Å². The summed E-state index contributed by atoms with van der Waals surface area (Å²) in [7, 11) is 0. The molecule has 2 fully saturated rings. The number of nitrogens with zero attached hydrogens (tertiary/aromatic N) is 5. The Morgan fingerprint density at radius 3 is 3.12 bits per heavy atom. The smallest absolute Gasteiger partial charge is 0.225 e. The highest BCUT2D eigenvalue weighted by Crippen LogP contribution is 2.40. The molecular formula is C17H23N5O2S. The van der Waals surface area contributed by atoms with E-state index in [1.165, 1.54) is 0 Å². The van der Waals surface area contributed by atoms with Crippen LogP contribution in [0.1, 0.15) is 50.1 Å². The molecule has 0 radical (unpaired) electrons. The number of thiophene rings is 1. The molecule has 8 heteroatoms. The molecule has 1 aliphatic carbocycles. The van der Waals surface area contributed by atoms with Gasteiger partial charge in [-0.2, -0.15) is 11.3 Å². The molecule has 3 atom stereocenters. The number of hydrogen-bond donors (Lipinski definition) is 1. The zero-order valence-electron chi connectivity index (χ0n) is 14.1. The van der Waals surface area contributed by atoms with E-state index in [1.54, 1.807) is 22.3 Å². The maximum absolute atomic E-state index is 12.9. The largest absolute Gasteiger partial charge is 0.389 e. The van der Waals surface area contributed by atoms with Crippen LogP contribution in [0.2, 0.25) is 0 Å². The first-order valence-corrected chi connectivity index (χ1v) is 9.85. The van der Waals surface area contributed by atoms with E-state index in [-0.39, 0.29) is 17.9 Å². The van der Waals surface area contributed by atoms with E-state index >= 15 is 0 Å². The Kier molecular flexibility index (Phi) is 4.56. The second kappa shape index (κ2) is 6.84. The van der Waals surface area contributed by atoms with Crippen molar-refractivity contribution in [2.45, 2.75) is 50.2 Å². The number of amides is 1. The average molecular weight is 361 g/mol. The number of hydrogen-bond acceptors (Lipinski definition) is 6. The molecule has 4 rings (SSSR count). The molecule has 7 nitrogen and oxygen atoms in total. The summed E-state index contributed by atoms with van der Waals surface area (Å²) in [4.78, 5) is 14.9. The van der Waals surface area contributed by atoms with Crippen LogP contribution in [0.4, 0.5) is 0 Å². The minimum atomic E-state index is -0.558. The van der Waals surface area contributed by atoms with E-state index in [0.29, 0.717) is 25.9 Å². The van der Waals surface area contributed by atoms with Crippen molar-refractivity contribution in [3.63, 3.8) is 0 Å². The van der Waals surface area contributed by atoms with Crippen molar-refractivity contribution in [2.75, 3.05) is 13.1 Å². The normalized spacial score (nSPS) is 27.7. The van der Waals surface area contributed by atoms with Crippen LogP contribution in [0.5, 0.6) is 0 Å². The van der Waals surface area contributed by atoms with Crippen molar-refractivity contribution in [1.29, 1.82) is 0 Å². The summed E-state index contributed by atoms with van der Waals surface area (Å²) < 4.78 is 1.65. The van der Waals surface area contributed by atoms with E-state index in [1.807, 2.05) is 21.7 Å². The number of carbonyl (C=O) groups excluding carboxylic acids is 1. The van der Waals surface area contributed by atoms with Crippen LogP contribution in [0, 0.1) is 5.92 Å². The second-order valence-corrected chi connectivity index (χ2v) is 7.98. The fourth-order valence-corrected chi connectivity index (χ4v) is 4.94. The SMILES string of the molecule is O=C(C[C@H](c1ccsc1)n1cnnn1)N1CC[C@@]2(O)CCCC[C@@H]2C1. The highest BCUT2D eigenvalue weighted by atomic mass is 32.1. The molecule has 134 valence electrons. The van der Waals surface area contributed by atoms with Gasteiger partial charge in [-0.15, -0.1) is 5.10 Å². The summed E-state index contributed by atoms with van der Waals surface area (Å²) in [6.07, 6.45) is 6.73. The van der Waals surface area contributed by atoms with Gasteiger partial charge in [0.05, 0.1) is 18.1 Å². The van der Waals surface area contributed by atoms with Crippen molar-refractivity contribution < 1.29 is 9.90 Å².